The molecule has 94 valence electrons. The maximum absolute atomic E-state index is 13.6. The number of alkyl halides is 3. The van der Waals surface area contributed by atoms with Crippen molar-refractivity contribution in [2.24, 2.45) is 0 Å². The van der Waals surface area contributed by atoms with E-state index in [1.807, 2.05) is 0 Å². The van der Waals surface area contributed by atoms with Crippen molar-refractivity contribution in [2.45, 2.75) is 49.8 Å². The topological polar surface area (TPSA) is 46.5 Å². The first-order valence-electron chi connectivity index (χ1n) is 5.17. The Hall–Kier alpha value is -0.780. The second kappa shape index (κ2) is 4.61. The summed E-state index contributed by atoms with van der Waals surface area (Å²) in [5.74, 6) is -5.75. The highest BCUT2D eigenvalue weighted by Gasteiger charge is 2.61. The lowest BCUT2D eigenvalue weighted by atomic mass is 9.78. The van der Waals surface area contributed by atoms with Crippen LogP contribution in [0.4, 0.5) is 13.2 Å². The Morgan fingerprint density at radius 3 is 2.31 bits per heavy atom. The van der Waals surface area contributed by atoms with E-state index in [1.165, 1.54) is 0 Å². The van der Waals surface area contributed by atoms with Gasteiger partial charge >= 0.3 is 11.9 Å². The third-order valence-corrected chi connectivity index (χ3v) is 3.03. The zero-order valence-corrected chi connectivity index (χ0v) is 9.01. The minimum Gasteiger partial charge on any atom is -0.467 e. The lowest BCUT2D eigenvalue weighted by Gasteiger charge is -2.39. The van der Waals surface area contributed by atoms with E-state index in [0.29, 0.717) is 12.8 Å². The number of hydrogen-bond acceptors (Lipinski definition) is 3. The van der Waals surface area contributed by atoms with Crippen LogP contribution in [0.15, 0.2) is 0 Å². The fraction of sp³-hybridized carbons (Fsp3) is 0.900. The summed E-state index contributed by atoms with van der Waals surface area (Å²) < 4.78 is 44.3. The van der Waals surface area contributed by atoms with Crippen molar-refractivity contribution in [1.82, 2.24) is 0 Å². The maximum Gasteiger partial charge on any atom is 0.347 e. The predicted octanol–water partition coefficient (Wildman–Crippen LogP) is 1.83. The molecule has 1 aliphatic carbocycles. The monoisotopic (exact) mass is 240 g/mol. The summed E-state index contributed by atoms with van der Waals surface area (Å²) in [4.78, 5) is 10.8. The molecule has 0 heterocycles. The molecule has 16 heavy (non-hydrogen) atoms. The molecule has 0 amide bonds. The van der Waals surface area contributed by atoms with E-state index in [9.17, 15) is 23.1 Å². The van der Waals surface area contributed by atoms with Crippen LogP contribution in [0.5, 0.6) is 0 Å². The molecule has 0 aromatic rings. The van der Waals surface area contributed by atoms with Gasteiger partial charge in [-0.05, 0) is 12.8 Å². The predicted molar refractivity (Wildman–Crippen MR) is 49.9 cm³/mol. The van der Waals surface area contributed by atoms with Gasteiger partial charge < -0.3 is 9.84 Å². The molecule has 1 rings (SSSR count). The van der Waals surface area contributed by atoms with Crippen molar-refractivity contribution >= 4 is 5.97 Å². The number of hydrogen-bond donors (Lipinski definition) is 1. The molecule has 0 saturated heterocycles. The van der Waals surface area contributed by atoms with Crippen LogP contribution >= 0.6 is 0 Å². The van der Waals surface area contributed by atoms with Crippen LogP contribution in [-0.4, -0.2) is 35.9 Å². The van der Waals surface area contributed by atoms with E-state index < -0.39 is 23.7 Å². The van der Waals surface area contributed by atoms with Gasteiger partial charge in [-0.25, -0.2) is 9.18 Å². The van der Waals surface area contributed by atoms with Crippen LogP contribution in [0.1, 0.15) is 32.1 Å². The first-order valence-corrected chi connectivity index (χ1v) is 5.17. The SMILES string of the molecule is COC(=O)C(F)C(F)(F)C1(O)CCCCC1. The third-order valence-electron chi connectivity index (χ3n) is 3.03. The molecule has 6 heteroatoms. The Morgan fingerprint density at radius 2 is 1.88 bits per heavy atom. The van der Waals surface area contributed by atoms with Gasteiger partial charge in [-0.1, -0.05) is 19.3 Å². The van der Waals surface area contributed by atoms with Crippen molar-refractivity contribution < 1.29 is 27.8 Å². The van der Waals surface area contributed by atoms with Gasteiger partial charge in [0.2, 0.25) is 0 Å². The molecule has 0 spiro atoms. The second-order valence-electron chi connectivity index (χ2n) is 4.10. The number of rotatable bonds is 3. The molecule has 3 nitrogen and oxygen atoms in total. The first-order chi connectivity index (χ1) is 7.35. The number of halogens is 3. The minimum atomic E-state index is -4.10. The zero-order valence-electron chi connectivity index (χ0n) is 9.01. The summed E-state index contributed by atoms with van der Waals surface area (Å²) >= 11 is 0. The number of carbonyl (C=O) groups is 1. The Morgan fingerprint density at radius 1 is 1.38 bits per heavy atom. The molecule has 1 N–H and O–H groups in total. The Labute approximate surface area is 91.6 Å². The molecular weight excluding hydrogens is 225 g/mol. The van der Waals surface area contributed by atoms with E-state index in [2.05, 4.69) is 4.74 Å². The molecule has 0 radical (unpaired) electrons. The van der Waals surface area contributed by atoms with E-state index in [4.69, 9.17) is 0 Å². The summed E-state index contributed by atoms with van der Waals surface area (Å²) in [6.07, 6.45) is -1.97. The van der Waals surface area contributed by atoms with Crippen LogP contribution in [0.3, 0.4) is 0 Å². The highest BCUT2D eigenvalue weighted by atomic mass is 19.3. The molecule has 1 atom stereocenters. The van der Waals surface area contributed by atoms with Crippen molar-refractivity contribution in [2.75, 3.05) is 7.11 Å². The van der Waals surface area contributed by atoms with Crippen molar-refractivity contribution in [1.29, 1.82) is 0 Å². The van der Waals surface area contributed by atoms with Gasteiger partial charge in [-0.15, -0.1) is 0 Å². The van der Waals surface area contributed by atoms with E-state index in [0.717, 1.165) is 13.5 Å². The van der Waals surface area contributed by atoms with Crippen LogP contribution < -0.4 is 0 Å². The summed E-state index contributed by atoms with van der Waals surface area (Å²) in [6, 6.07) is 0. The van der Waals surface area contributed by atoms with Gasteiger partial charge in [-0.3, -0.25) is 0 Å². The van der Waals surface area contributed by atoms with E-state index >= 15 is 0 Å². The molecule has 0 aromatic heterocycles. The summed E-state index contributed by atoms with van der Waals surface area (Å²) in [5, 5.41) is 9.72. The standard InChI is InChI=1S/C10H15F3O3/c1-16-8(14)7(11)10(12,13)9(15)5-3-2-4-6-9/h7,15H,2-6H2,1H3. The highest BCUT2D eigenvalue weighted by Crippen LogP contribution is 2.43. The number of carbonyl (C=O) groups excluding carboxylic acids is 1. The van der Waals surface area contributed by atoms with Gasteiger partial charge in [0.15, 0.2) is 0 Å². The van der Waals surface area contributed by atoms with E-state index in [-0.39, 0.29) is 12.8 Å². The van der Waals surface area contributed by atoms with Gasteiger partial charge in [0.25, 0.3) is 6.17 Å². The molecule has 1 saturated carbocycles. The molecular formula is C10H15F3O3. The lowest BCUT2D eigenvalue weighted by molar-refractivity contribution is -0.231. The maximum atomic E-state index is 13.6. The van der Waals surface area contributed by atoms with Crippen molar-refractivity contribution in [3.63, 3.8) is 0 Å². The van der Waals surface area contributed by atoms with Crippen LogP contribution in [-0.2, 0) is 9.53 Å². The number of esters is 1. The Balaban J connectivity index is 2.85. The molecule has 0 aliphatic heterocycles. The first kappa shape index (κ1) is 13.3. The summed E-state index contributed by atoms with van der Waals surface area (Å²) in [5.41, 5.74) is -2.43. The van der Waals surface area contributed by atoms with Gasteiger partial charge in [0, 0.05) is 0 Å². The smallest absolute Gasteiger partial charge is 0.347 e. The fourth-order valence-corrected chi connectivity index (χ4v) is 1.96. The molecule has 1 unspecified atom stereocenters. The zero-order chi connectivity index (χ0) is 12.4. The number of aliphatic hydroxyl groups is 1. The largest absolute Gasteiger partial charge is 0.467 e. The van der Waals surface area contributed by atoms with Crippen LogP contribution in [0.25, 0.3) is 0 Å². The summed E-state index contributed by atoms with van der Waals surface area (Å²) in [7, 11) is 0.829. The van der Waals surface area contributed by atoms with Crippen molar-refractivity contribution in [3.05, 3.63) is 0 Å². The van der Waals surface area contributed by atoms with Gasteiger partial charge in [0.05, 0.1) is 7.11 Å². The van der Waals surface area contributed by atoms with Crippen molar-refractivity contribution in [3.8, 4) is 0 Å². The molecule has 0 aromatic carbocycles. The second-order valence-corrected chi connectivity index (χ2v) is 4.10. The molecule has 0 bridgehead atoms. The average Bonchev–Trinajstić information content (AvgIpc) is 2.27. The summed E-state index contributed by atoms with van der Waals surface area (Å²) in [6.45, 7) is 0. The van der Waals surface area contributed by atoms with Crippen LogP contribution in [0, 0.1) is 0 Å². The van der Waals surface area contributed by atoms with E-state index in [1.54, 1.807) is 0 Å². The van der Waals surface area contributed by atoms with Gasteiger partial charge in [0.1, 0.15) is 5.60 Å². The van der Waals surface area contributed by atoms with Gasteiger partial charge in [-0.2, -0.15) is 8.78 Å². The van der Waals surface area contributed by atoms with Crippen LogP contribution in [0.2, 0.25) is 0 Å². The quantitative estimate of drug-likeness (QED) is 0.765. The fourth-order valence-electron chi connectivity index (χ4n) is 1.96. The normalized spacial score (nSPS) is 22.6. The highest BCUT2D eigenvalue weighted by molar-refractivity contribution is 5.76. The minimum absolute atomic E-state index is 0.197. The average molecular weight is 240 g/mol. The lowest BCUT2D eigenvalue weighted by Crippen LogP contribution is -2.57. The number of ether oxygens (including phenoxy) is 1. The number of methoxy groups -OCH3 is 1. The molecule has 1 fully saturated rings. The Bertz CT molecular complexity index is 262. The Kier molecular flexibility index (Phi) is 3.83. The molecule has 1 aliphatic rings. The third kappa shape index (κ3) is 2.16.